The zero-order chi connectivity index (χ0) is 13.4. The Bertz CT molecular complexity index is 411. The molecule has 6 heteroatoms. The Labute approximate surface area is 131 Å². The monoisotopic (exact) mass is 379 g/mol. The minimum atomic E-state index is 0. The van der Waals surface area contributed by atoms with Crippen LogP contribution in [0.5, 0.6) is 11.5 Å². The highest BCUT2D eigenvalue weighted by Crippen LogP contribution is 2.27. The zero-order valence-corrected chi connectivity index (χ0v) is 13.9. The van der Waals surface area contributed by atoms with Crippen LogP contribution in [-0.4, -0.2) is 26.7 Å². The number of guanidine groups is 1. The summed E-state index contributed by atoms with van der Waals surface area (Å²) in [5.41, 5.74) is 6.74. The van der Waals surface area contributed by atoms with Gasteiger partial charge in [-0.15, -0.1) is 24.0 Å². The van der Waals surface area contributed by atoms with Gasteiger partial charge in [0.25, 0.3) is 0 Å². The number of nitrogens with two attached hydrogens (primary N) is 1. The number of aliphatic imine (C=N–C) groups is 1. The third-order valence-corrected chi connectivity index (χ3v) is 2.44. The molecule has 1 rings (SSSR count). The second-order valence-corrected chi connectivity index (χ2v) is 3.82. The first kappa shape index (κ1) is 17.8. The second-order valence-electron chi connectivity index (χ2n) is 3.82. The summed E-state index contributed by atoms with van der Waals surface area (Å²) in [4.78, 5) is 4.25. The molecular weight excluding hydrogens is 357 g/mol. The van der Waals surface area contributed by atoms with E-state index in [4.69, 9.17) is 15.2 Å². The van der Waals surface area contributed by atoms with Crippen LogP contribution in [0.3, 0.4) is 0 Å². The van der Waals surface area contributed by atoms with E-state index in [9.17, 15) is 0 Å². The lowest BCUT2D eigenvalue weighted by molar-refractivity contribution is 0.354. The van der Waals surface area contributed by atoms with E-state index in [0.717, 1.165) is 18.5 Å². The maximum absolute atomic E-state index is 5.72. The molecule has 0 aliphatic carbocycles. The van der Waals surface area contributed by atoms with E-state index in [2.05, 4.69) is 17.2 Å². The minimum absolute atomic E-state index is 0. The maximum atomic E-state index is 5.72. The zero-order valence-electron chi connectivity index (χ0n) is 11.6. The summed E-state index contributed by atoms with van der Waals surface area (Å²) < 4.78 is 10.4. The van der Waals surface area contributed by atoms with Gasteiger partial charge < -0.3 is 20.5 Å². The van der Waals surface area contributed by atoms with Gasteiger partial charge in [-0.2, -0.15) is 0 Å². The van der Waals surface area contributed by atoms with Crippen LogP contribution in [0.25, 0.3) is 0 Å². The standard InChI is InChI=1S/C13H21N3O2.HI/c1-4-7-15-13(14)16-9-10-5-6-11(17-2)12(8-10)18-3;/h5-6,8H,4,7,9H2,1-3H3,(H3,14,15,16);1H. The largest absolute Gasteiger partial charge is 0.493 e. The van der Waals surface area contributed by atoms with E-state index in [1.807, 2.05) is 18.2 Å². The molecule has 0 unspecified atom stereocenters. The van der Waals surface area contributed by atoms with Crippen molar-refractivity contribution < 1.29 is 9.47 Å². The number of benzene rings is 1. The number of nitrogens with one attached hydrogen (secondary N) is 1. The van der Waals surface area contributed by atoms with Gasteiger partial charge in [-0.3, -0.25) is 0 Å². The van der Waals surface area contributed by atoms with Gasteiger partial charge >= 0.3 is 0 Å². The van der Waals surface area contributed by atoms with Crippen LogP contribution in [0.4, 0.5) is 0 Å². The fraction of sp³-hybridized carbons (Fsp3) is 0.462. The predicted molar refractivity (Wildman–Crippen MR) is 88.6 cm³/mol. The molecule has 5 nitrogen and oxygen atoms in total. The fourth-order valence-corrected chi connectivity index (χ4v) is 1.46. The number of halogens is 1. The summed E-state index contributed by atoms with van der Waals surface area (Å²) in [6.07, 6.45) is 1.02. The third kappa shape index (κ3) is 6.00. The Morgan fingerprint density at radius 1 is 1.26 bits per heavy atom. The van der Waals surface area contributed by atoms with Gasteiger partial charge in [0.2, 0.25) is 0 Å². The first-order chi connectivity index (χ1) is 8.71. The SMILES string of the molecule is CCCNC(N)=NCc1ccc(OC)c(OC)c1.I. The number of hydrogen-bond acceptors (Lipinski definition) is 3. The normalized spacial score (nSPS) is 10.6. The number of rotatable bonds is 6. The molecule has 1 aromatic carbocycles. The van der Waals surface area contributed by atoms with E-state index in [1.54, 1.807) is 14.2 Å². The van der Waals surface area contributed by atoms with Gasteiger partial charge in [-0.1, -0.05) is 13.0 Å². The molecule has 0 spiro atoms. The quantitative estimate of drug-likeness (QED) is 0.452. The molecule has 0 atom stereocenters. The Kier molecular flexibility index (Phi) is 9.11. The van der Waals surface area contributed by atoms with Crippen molar-refractivity contribution in [3.63, 3.8) is 0 Å². The van der Waals surface area contributed by atoms with Gasteiger partial charge in [-0.25, -0.2) is 4.99 Å². The van der Waals surface area contributed by atoms with Crippen LogP contribution in [-0.2, 0) is 6.54 Å². The molecule has 0 heterocycles. The molecule has 108 valence electrons. The van der Waals surface area contributed by atoms with E-state index >= 15 is 0 Å². The van der Waals surface area contributed by atoms with Crippen LogP contribution >= 0.6 is 24.0 Å². The number of methoxy groups -OCH3 is 2. The van der Waals surface area contributed by atoms with Crippen molar-refractivity contribution in [3.8, 4) is 11.5 Å². The Morgan fingerprint density at radius 3 is 2.53 bits per heavy atom. The third-order valence-electron chi connectivity index (χ3n) is 2.44. The number of ether oxygens (including phenoxy) is 2. The highest BCUT2D eigenvalue weighted by Gasteiger charge is 2.03. The molecule has 1 aromatic rings. The van der Waals surface area contributed by atoms with Crippen molar-refractivity contribution in [2.45, 2.75) is 19.9 Å². The second kappa shape index (κ2) is 9.71. The average Bonchev–Trinajstić information content (AvgIpc) is 2.42. The summed E-state index contributed by atoms with van der Waals surface area (Å²) in [5, 5.41) is 3.03. The first-order valence-corrected chi connectivity index (χ1v) is 5.96. The highest BCUT2D eigenvalue weighted by atomic mass is 127. The fourth-order valence-electron chi connectivity index (χ4n) is 1.46. The average molecular weight is 379 g/mol. The highest BCUT2D eigenvalue weighted by molar-refractivity contribution is 14.0. The van der Waals surface area contributed by atoms with Crippen LogP contribution in [0, 0.1) is 0 Å². The van der Waals surface area contributed by atoms with Crippen molar-refractivity contribution in [1.29, 1.82) is 0 Å². The Hall–Kier alpha value is -1.18. The lowest BCUT2D eigenvalue weighted by Crippen LogP contribution is -2.32. The molecule has 0 fully saturated rings. The predicted octanol–water partition coefficient (Wildman–Crippen LogP) is 2.14. The summed E-state index contributed by atoms with van der Waals surface area (Å²) in [7, 11) is 3.23. The number of hydrogen-bond donors (Lipinski definition) is 2. The van der Waals surface area contributed by atoms with E-state index < -0.39 is 0 Å². The molecule has 0 aliphatic rings. The molecule has 0 saturated carbocycles. The molecule has 3 N–H and O–H groups in total. The smallest absolute Gasteiger partial charge is 0.188 e. The van der Waals surface area contributed by atoms with Crippen LogP contribution in [0.15, 0.2) is 23.2 Å². The van der Waals surface area contributed by atoms with E-state index in [1.165, 1.54) is 0 Å². The van der Waals surface area contributed by atoms with Gasteiger partial charge in [-0.05, 0) is 24.1 Å². The molecule has 0 amide bonds. The van der Waals surface area contributed by atoms with Gasteiger partial charge in [0.05, 0.1) is 20.8 Å². The lowest BCUT2D eigenvalue weighted by Gasteiger charge is -2.09. The topological polar surface area (TPSA) is 68.9 Å². The van der Waals surface area contributed by atoms with Crippen molar-refractivity contribution in [3.05, 3.63) is 23.8 Å². The van der Waals surface area contributed by atoms with Crippen molar-refractivity contribution in [2.75, 3.05) is 20.8 Å². The number of nitrogens with zero attached hydrogens (tertiary/aromatic N) is 1. The molecule has 0 radical (unpaired) electrons. The summed E-state index contributed by atoms with van der Waals surface area (Å²) >= 11 is 0. The summed E-state index contributed by atoms with van der Waals surface area (Å²) in [5.74, 6) is 1.87. The summed E-state index contributed by atoms with van der Waals surface area (Å²) in [6.45, 7) is 3.43. The molecule has 0 aliphatic heterocycles. The van der Waals surface area contributed by atoms with E-state index in [-0.39, 0.29) is 24.0 Å². The van der Waals surface area contributed by atoms with E-state index in [0.29, 0.717) is 24.0 Å². The van der Waals surface area contributed by atoms with Crippen LogP contribution < -0.4 is 20.5 Å². The molecule has 0 bridgehead atoms. The Morgan fingerprint density at radius 2 is 1.95 bits per heavy atom. The Balaban J connectivity index is 0.00000324. The van der Waals surface area contributed by atoms with Gasteiger partial charge in [0.1, 0.15) is 0 Å². The van der Waals surface area contributed by atoms with Crippen molar-refractivity contribution in [2.24, 2.45) is 10.7 Å². The van der Waals surface area contributed by atoms with Gasteiger partial charge in [0.15, 0.2) is 17.5 Å². The molecular formula is C13H22IN3O2. The van der Waals surface area contributed by atoms with Crippen LogP contribution in [0.2, 0.25) is 0 Å². The summed E-state index contributed by atoms with van der Waals surface area (Å²) in [6, 6.07) is 5.70. The van der Waals surface area contributed by atoms with Crippen molar-refractivity contribution >= 4 is 29.9 Å². The maximum Gasteiger partial charge on any atom is 0.188 e. The van der Waals surface area contributed by atoms with Crippen LogP contribution in [0.1, 0.15) is 18.9 Å². The lowest BCUT2D eigenvalue weighted by atomic mass is 10.2. The molecule has 19 heavy (non-hydrogen) atoms. The molecule has 0 aromatic heterocycles. The molecule has 0 saturated heterocycles. The first-order valence-electron chi connectivity index (χ1n) is 5.96. The minimum Gasteiger partial charge on any atom is -0.493 e. The van der Waals surface area contributed by atoms with Crippen molar-refractivity contribution in [1.82, 2.24) is 5.32 Å². The van der Waals surface area contributed by atoms with Gasteiger partial charge in [0, 0.05) is 6.54 Å².